The Bertz CT molecular complexity index is 1510. The first kappa shape index (κ1) is 34.7. The van der Waals surface area contributed by atoms with Gasteiger partial charge in [-0.3, -0.25) is 4.90 Å². The highest BCUT2D eigenvalue weighted by molar-refractivity contribution is 5.90. The molecule has 1 aromatic carbocycles. The van der Waals surface area contributed by atoms with Gasteiger partial charge in [0.05, 0.1) is 47.2 Å². The molecule has 3 heterocycles. The van der Waals surface area contributed by atoms with Gasteiger partial charge in [0, 0.05) is 19.5 Å². The second-order valence-electron chi connectivity index (χ2n) is 10.7. The van der Waals surface area contributed by atoms with Crippen LogP contribution >= 0.6 is 0 Å². The molecule has 0 spiro atoms. The summed E-state index contributed by atoms with van der Waals surface area (Å²) in [7, 11) is 0. The average Bonchev–Trinajstić information content (AvgIpc) is 3.41. The van der Waals surface area contributed by atoms with Crippen molar-refractivity contribution < 1.29 is 49.0 Å². The molecule has 1 aliphatic heterocycles. The molecule has 10 nitrogen and oxygen atoms in total. The number of alkyl halides is 9. The van der Waals surface area contributed by atoms with Crippen molar-refractivity contribution in [2.45, 2.75) is 83.4 Å². The summed E-state index contributed by atoms with van der Waals surface area (Å²) in [6.07, 6.45) is -17.0. The molecule has 252 valence electrons. The van der Waals surface area contributed by atoms with Crippen molar-refractivity contribution >= 4 is 17.7 Å². The van der Waals surface area contributed by atoms with E-state index in [2.05, 4.69) is 20.4 Å². The Balaban J connectivity index is 1.92. The van der Waals surface area contributed by atoms with E-state index in [4.69, 9.17) is 10.5 Å². The van der Waals surface area contributed by atoms with Crippen molar-refractivity contribution in [1.29, 1.82) is 0 Å². The summed E-state index contributed by atoms with van der Waals surface area (Å²) < 4.78 is 129. The molecule has 4 rings (SSSR count). The van der Waals surface area contributed by atoms with E-state index in [1.165, 1.54) is 4.90 Å². The van der Waals surface area contributed by atoms with E-state index in [0.29, 0.717) is 18.2 Å². The Morgan fingerprint density at radius 2 is 1.65 bits per heavy atom. The van der Waals surface area contributed by atoms with Crippen LogP contribution in [0.2, 0.25) is 0 Å². The van der Waals surface area contributed by atoms with Crippen LogP contribution in [0.4, 0.5) is 55.9 Å². The molecule has 3 aromatic rings. The Morgan fingerprint density at radius 3 is 2.17 bits per heavy atom. The lowest BCUT2D eigenvalue weighted by Gasteiger charge is -2.45. The molecular formula is C27H29F9N8O2. The molecule has 2 aromatic heterocycles. The lowest BCUT2D eigenvalue weighted by molar-refractivity contribution is -0.143. The second kappa shape index (κ2) is 12.9. The van der Waals surface area contributed by atoms with Crippen LogP contribution in [0.5, 0.6) is 0 Å². The van der Waals surface area contributed by atoms with Crippen molar-refractivity contribution in [2.75, 3.05) is 16.3 Å². The topological polar surface area (TPSA) is 115 Å². The summed E-state index contributed by atoms with van der Waals surface area (Å²) in [5, 5.41) is 11.9. The summed E-state index contributed by atoms with van der Waals surface area (Å²) in [6, 6.07) is 0.694. The van der Waals surface area contributed by atoms with Gasteiger partial charge < -0.3 is 15.4 Å². The number of rotatable bonds is 8. The number of hydrogen-bond acceptors (Lipinski definition) is 8. The molecule has 0 fully saturated rings. The van der Waals surface area contributed by atoms with Gasteiger partial charge in [-0.1, -0.05) is 12.0 Å². The van der Waals surface area contributed by atoms with Crippen LogP contribution in [0.15, 0.2) is 30.3 Å². The van der Waals surface area contributed by atoms with Crippen molar-refractivity contribution in [3.05, 3.63) is 58.4 Å². The van der Waals surface area contributed by atoms with Crippen molar-refractivity contribution in [2.24, 2.45) is 5.73 Å². The second-order valence-corrected chi connectivity index (χ2v) is 10.7. The van der Waals surface area contributed by atoms with E-state index in [0.717, 1.165) is 15.8 Å². The minimum atomic E-state index is -5.14. The Labute approximate surface area is 256 Å². The van der Waals surface area contributed by atoms with E-state index in [-0.39, 0.29) is 49.3 Å². The van der Waals surface area contributed by atoms with Crippen LogP contribution in [-0.4, -0.2) is 56.0 Å². The monoisotopic (exact) mass is 668 g/mol. The van der Waals surface area contributed by atoms with Crippen LogP contribution in [0, 0.1) is 0 Å². The number of pyridine rings is 1. The number of anilines is 2. The molecule has 0 saturated heterocycles. The van der Waals surface area contributed by atoms with Crippen molar-refractivity contribution in [3.63, 3.8) is 0 Å². The van der Waals surface area contributed by atoms with Gasteiger partial charge in [-0.25, -0.2) is 9.78 Å². The number of hydrogen-bond donors (Lipinski definition) is 1. The predicted molar refractivity (Wildman–Crippen MR) is 144 cm³/mol. The maximum Gasteiger partial charge on any atom is 0.433 e. The number of nitrogens with two attached hydrogens (primary N) is 1. The van der Waals surface area contributed by atoms with Crippen LogP contribution in [0.1, 0.15) is 55.3 Å². The quantitative estimate of drug-likeness (QED) is 0.298. The van der Waals surface area contributed by atoms with Crippen LogP contribution in [0.25, 0.3) is 0 Å². The molecule has 0 radical (unpaired) electrons. The summed E-state index contributed by atoms with van der Waals surface area (Å²) >= 11 is 0. The zero-order valence-corrected chi connectivity index (χ0v) is 24.6. The maximum atomic E-state index is 13.7. The van der Waals surface area contributed by atoms with Gasteiger partial charge in [-0.15, -0.1) is 5.10 Å². The van der Waals surface area contributed by atoms with Crippen LogP contribution in [-0.2, 0) is 42.8 Å². The minimum absolute atomic E-state index is 0.000119. The number of nitrogens with zero attached hydrogens (tertiary/aromatic N) is 7. The molecule has 2 atom stereocenters. The maximum absolute atomic E-state index is 13.7. The number of aromatic nitrogens is 5. The lowest BCUT2D eigenvalue weighted by Crippen LogP contribution is -2.58. The Morgan fingerprint density at radius 1 is 1.02 bits per heavy atom. The van der Waals surface area contributed by atoms with E-state index in [9.17, 15) is 44.3 Å². The molecule has 2 N–H and O–H groups in total. The van der Waals surface area contributed by atoms with Gasteiger partial charge in [-0.05, 0) is 61.4 Å². The lowest BCUT2D eigenvalue weighted by atomic mass is 9.90. The highest BCUT2D eigenvalue weighted by Crippen LogP contribution is 2.40. The molecule has 1 aliphatic rings. The highest BCUT2D eigenvalue weighted by Gasteiger charge is 2.45. The molecule has 0 bridgehead atoms. The first-order chi connectivity index (χ1) is 21.3. The van der Waals surface area contributed by atoms with Crippen molar-refractivity contribution in [3.8, 4) is 0 Å². The third-order valence-corrected chi connectivity index (χ3v) is 7.06. The SMILES string of the molecule is CCC1C(N(Cc2cc(C(F)(F)F)cc(C(F)(F)F)c2)c2nnn(CCN)n2)Cc2nc(C(F)(F)F)ccc2N1C(=O)OC(C)C. The number of benzene rings is 1. The summed E-state index contributed by atoms with van der Waals surface area (Å²) in [5.41, 5.74) is 0.446. The molecule has 2 unspecified atom stereocenters. The van der Waals surface area contributed by atoms with Gasteiger partial charge in [0.25, 0.3) is 5.95 Å². The number of carbonyl (C=O) groups is 1. The van der Waals surface area contributed by atoms with E-state index in [1.54, 1.807) is 20.8 Å². The Kier molecular flexibility index (Phi) is 9.75. The summed E-state index contributed by atoms with van der Waals surface area (Å²) in [6.45, 7) is 4.12. The highest BCUT2D eigenvalue weighted by atomic mass is 19.4. The van der Waals surface area contributed by atoms with Gasteiger partial charge in [-0.2, -0.15) is 44.3 Å². The first-order valence-electron chi connectivity index (χ1n) is 13.9. The fourth-order valence-corrected chi connectivity index (χ4v) is 5.17. The fraction of sp³-hybridized carbons (Fsp3) is 0.519. The van der Waals surface area contributed by atoms with E-state index in [1.807, 2.05) is 0 Å². The molecule has 46 heavy (non-hydrogen) atoms. The number of carbonyl (C=O) groups excluding carboxylic acids is 1. The molecular weight excluding hydrogens is 639 g/mol. The number of amides is 1. The molecule has 0 saturated carbocycles. The predicted octanol–water partition coefficient (Wildman–Crippen LogP) is 5.84. The summed E-state index contributed by atoms with van der Waals surface area (Å²) in [5.74, 6) is -0.282. The number of fused-ring (bicyclic) bond motifs is 1. The normalized spacial score (nSPS) is 17.3. The number of tetrazole rings is 1. The Hall–Kier alpha value is -4.16. The van der Waals surface area contributed by atoms with E-state index < -0.39 is 71.7 Å². The van der Waals surface area contributed by atoms with Gasteiger partial charge >= 0.3 is 24.6 Å². The minimum Gasteiger partial charge on any atom is -0.446 e. The molecule has 1 amide bonds. The zero-order chi connectivity index (χ0) is 34.2. The van der Waals surface area contributed by atoms with Gasteiger partial charge in [0.1, 0.15) is 5.69 Å². The van der Waals surface area contributed by atoms with E-state index >= 15 is 0 Å². The van der Waals surface area contributed by atoms with Crippen LogP contribution in [0.3, 0.4) is 0 Å². The molecule has 0 aliphatic carbocycles. The summed E-state index contributed by atoms with van der Waals surface area (Å²) in [4.78, 5) is 20.5. The third kappa shape index (κ3) is 7.61. The zero-order valence-electron chi connectivity index (χ0n) is 24.6. The average molecular weight is 669 g/mol. The number of ether oxygens (including phenoxy) is 1. The largest absolute Gasteiger partial charge is 0.446 e. The van der Waals surface area contributed by atoms with Crippen molar-refractivity contribution in [1.82, 2.24) is 25.2 Å². The molecule has 19 heteroatoms. The fourth-order valence-electron chi connectivity index (χ4n) is 5.17. The standard InChI is InChI=1S/C27H29F9N8O2/c1-4-19-21(12-18-20(44(19)24(45)46-14(2)3)5-6-22(38-18)27(34,35)36)42(23-39-41-43(40-23)8-7-37)13-15-9-16(25(28,29)30)11-17(10-15)26(31,32)33/h5-6,9-11,14,19,21H,4,7-8,12-13,37H2,1-3H3. The third-order valence-electron chi connectivity index (χ3n) is 7.06. The smallest absolute Gasteiger partial charge is 0.433 e. The number of halogens is 9. The first-order valence-corrected chi connectivity index (χ1v) is 13.9. The van der Waals surface area contributed by atoms with Crippen LogP contribution < -0.4 is 15.5 Å². The van der Waals surface area contributed by atoms with Gasteiger partial charge in [0.2, 0.25) is 0 Å². The van der Waals surface area contributed by atoms with Gasteiger partial charge in [0.15, 0.2) is 0 Å².